The number of benzene rings is 4. The lowest BCUT2D eigenvalue weighted by Gasteiger charge is -2.18. The summed E-state index contributed by atoms with van der Waals surface area (Å²) >= 11 is 0. The van der Waals surface area contributed by atoms with Gasteiger partial charge in [-0.15, -0.1) is 0 Å². The minimum Gasteiger partial charge on any atom is -0.321 e. The molecule has 0 saturated heterocycles. The summed E-state index contributed by atoms with van der Waals surface area (Å²) in [5, 5.41) is 7.36. The Balaban J connectivity index is 1.78. The molecule has 0 aromatic heterocycles. The fraction of sp³-hybridized carbons (Fsp3) is 0.120. The van der Waals surface area contributed by atoms with Crippen molar-refractivity contribution < 1.29 is 9.59 Å². The Morgan fingerprint density at radius 3 is 2.43 bits per heavy atom. The quantitative estimate of drug-likeness (QED) is 0.464. The van der Waals surface area contributed by atoms with E-state index in [1.54, 1.807) is 12.1 Å². The zero-order chi connectivity index (χ0) is 19.3. The van der Waals surface area contributed by atoms with Crippen molar-refractivity contribution in [3.63, 3.8) is 0 Å². The van der Waals surface area contributed by atoms with Gasteiger partial charge in [-0.3, -0.25) is 9.59 Å². The van der Waals surface area contributed by atoms with Crippen molar-refractivity contribution in [3.8, 4) is 0 Å². The largest absolute Gasteiger partial charge is 0.321 e. The van der Waals surface area contributed by atoms with Crippen molar-refractivity contribution >= 4 is 38.9 Å². The summed E-state index contributed by atoms with van der Waals surface area (Å²) in [6, 6.07) is 21.5. The van der Waals surface area contributed by atoms with Crippen LogP contribution >= 0.6 is 0 Å². The smallest absolute Gasteiger partial charge is 0.255 e. The summed E-state index contributed by atoms with van der Waals surface area (Å²) in [5.74, 6) is 0.0111. The number of hydrogen-bond donors (Lipinski definition) is 1. The average molecular weight is 365 g/mol. The summed E-state index contributed by atoms with van der Waals surface area (Å²) in [7, 11) is 0. The first-order chi connectivity index (χ1) is 13.6. The number of aryl methyl sites for hydroxylation is 1. The van der Waals surface area contributed by atoms with E-state index in [1.165, 1.54) is 0 Å². The molecule has 1 amide bonds. The summed E-state index contributed by atoms with van der Waals surface area (Å²) in [4.78, 5) is 25.6. The van der Waals surface area contributed by atoms with E-state index in [4.69, 9.17) is 0 Å². The normalized spacial score (nSPS) is 13.1. The van der Waals surface area contributed by atoms with Crippen LogP contribution in [0.5, 0.6) is 0 Å². The lowest BCUT2D eigenvalue weighted by atomic mass is 9.90. The summed E-state index contributed by atoms with van der Waals surface area (Å²) < 4.78 is 0. The average Bonchev–Trinajstić information content (AvgIpc) is 3.12. The SMILES string of the molecule is Cc1c(NC(=O)c2ccccc2)c2c(c3c1ccc1ccccc13)C(=O)CC2. The third-order valence-corrected chi connectivity index (χ3v) is 5.72. The molecule has 0 atom stereocenters. The summed E-state index contributed by atoms with van der Waals surface area (Å²) in [6.45, 7) is 2.03. The lowest BCUT2D eigenvalue weighted by molar-refractivity contribution is 0.0993. The second kappa shape index (κ2) is 6.31. The Morgan fingerprint density at radius 2 is 1.61 bits per heavy atom. The first-order valence-corrected chi connectivity index (χ1v) is 9.51. The first-order valence-electron chi connectivity index (χ1n) is 9.51. The highest BCUT2D eigenvalue weighted by molar-refractivity contribution is 6.23. The molecular weight excluding hydrogens is 346 g/mol. The molecule has 0 saturated carbocycles. The molecule has 0 radical (unpaired) electrons. The van der Waals surface area contributed by atoms with Gasteiger partial charge in [-0.25, -0.2) is 0 Å². The third-order valence-electron chi connectivity index (χ3n) is 5.72. The third kappa shape index (κ3) is 2.43. The molecule has 1 N–H and O–H groups in total. The van der Waals surface area contributed by atoms with Crippen molar-refractivity contribution in [1.29, 1.82) is 0 Å². The maximum absolute atomic E-state index is 12.8. The maximum Gasteiger partial charge on any atom is 0.255 e. The molecule has 0 spiro atoms. The monoisotopic (exact) mass is 365 g/mol. The molecule has 4 aromatic rings. The van der Waals surface area contributed by atoms with E-state index in [0.29, 0.717) is 18.4 Å². The van der Waals surface area contributed by atoms with Crippen LogP contribution in [0.4, 0.5) is 5.69 Å². The summed E-state index contributed by atoms with van der Waals surface area (Å²) in [6.07, 6.45) is 1.16. The van der Waals surface area contributed by atoms with Crippen LogP contribution in [0.3, 0.4) is 0 Å². The van der Waals surface area contributed by atoms with Gasteiger partial charge in [-0.05, 0) is 52.8 Å². The lowest BCUT2D eigenvalue weighted by Crippen LogP contribution is -2.15. The number of rotatable bonds is 2. The van der Waals surface area contributed by atoms with Crippen LogP contribution in [0, 0.1) is 6.92 Å². The Bertz CT molecular complexity index is 1270. The Kier molecular flexibility index (Phi) is 3.76. The first kappa shape index (κ1) is 16.7. The molecule has 0 aliphatic heterocycles. The van der Waals surface area contributed by atoms with Gasteiger partial charge < -0.3 is 5.32 Å². The highest BCUT2D eigenvalue weighted by atomic mass is 16.1. The Labute approximate surface area is 163 Å². The number of ketones is 1. The van der Waals surface area contributed by atoms with Crippen molar-refractivity contribution in [3.05, 3.63) is 89.0 Å². The van der Waals surface area contributed by atoms with Gasteiger partial charge in [-0.2, -0.15) is 0 Å². The van der Waals surface area contributed by atoms with Crippen molar-refractivity contribution in [2.45, 2.75) is 19.8 Å². The Morgan fingerprint density at radius 1 is 0.857 bits per heavy atom. The highest BCUT2D eigenvalue weighted by Gasteiger charge is 2.28. The second-order valence-corrected chi connectivity index (χ2v) is 7.31. The molecule has 1 aliphatic rings. The van der Waals surface area contributed by atoms with Crippen LogP contribution in [0.1, 0.15) is 38.3 Å². The number of nitrogens with one attached hydrogen (secondary N) is 1. The maximum atomic E-state index is 12.8. The highest BCUT2D eigenvalue weighted by Crippen LogP contribution is 2.42. The minimum atomic E-state index is -0.148. The zero-order valence-corrected chi connectivity index (χ0v) is 15.6. The van der Waals surface area contributed by atoms with Gasteiger partial charge in [0, 0.05) is 28.6 Å². The molecule has 0 bridgehead atoms. The van der Waals surface area contributed by atoms with E-state index in [0.717, 1.165) is 43.9 Å². The van der Waals surface area contributed by atoms with Gasteiger partial charge in [0.05, 0.1) is 0 Å². The van der Waals surface area contributed by atoms with E-state index in [1.807, 2.05) is 37.3 Å². The van der Waals surface area contributed by atoms with Gasteiger partial charge >= 0.3 is 0 Å². The molecule has 3 nitrogen and oxygen atoms in total. The number of carbonyl (C=O) groups is 2. The fourth-order valence-electron chi connectivity index (χ4n) is 4.36. The molecule has 0 fully saturated rings. The standard InChI is InChI=1S/C25H19NO2/c1-15-18-12-11-16-7-5-6-10-19(16)22(18)23-20(13-14-21(23)27)24(15)26-25(28)17-8-3-2-4-9-17/h2-12H,13-14H2,1H3,(H,26,28). The molecule has 28 heavy (non-hydrogen) atoms. The zero-order valence-electron chi connectivity index (χ0n) is 15.6. The molecule has 5 rings (SSSR count). The number of fused-ring (bicyclic) bond motifs is 5. The van der Waals surface area contributed by atoms with E-state index < -0.39 is 0 Å². The molecular formula is C25H19NO2. The number of anilines is 1. The number of carbonyl (C=O) groups excluding carboxylic acids is 2. The Hall–Kier alpha value is -3.46. The van der Waals surface area contributed by atoms with Crippen molar-refractivity contribution in [2.75, 3.05) is 5.32 Å². The molecule has 1 aliphatic carbocycles. The van der Waals surface area contributed by atoms with Gasteiger partial charge in [0.2, 0.25) is 0 Å². The molecule has 0 heterocycles. The van der Waals surface area contributed by atoms with E-state index in [2.05, 4.69) is 29.6 Å². The van der Waals surface area contributed by atoms with Crippen molar-refractivity contribution in [2.24, 2.45) is 0 Å². The van der Waals surface area contributed by atoms with Gasteiger partial charge in [0.15, 0.2) is 5.78 Å². The van der Waals surface area contributed by atoms with Crippen molar-refractivity contribution in [1.82, 2.24) is 0 Å². The van der Waals surface area contributed by atoms with Crippen LogP contribution in [0.15, 0.2) is 66.7 Å². The van der Waals surface area contributed by atoms with Crippen LogP contribution in [0.2, 0.25) is 0 Å². The topological polar surface area (TPSA) is 46.2 Å². The molecule has 4 aromatic carbocycles. The number of Topliss-reactive ketones (excluding diaryl/α,β-unsaturated/α-hetero) is 1. The second-order valence-electron chi connectivity index (χ2n) is 7.31. The van der Waals surface area contributed by atoms with Crippen LogP contribution in [-0.4, -0.2) is 11.7 Å². The van der Waals surface area contributed by atoms with Crippen LogP contribution in [0.25, 0.3) is 21.5 Å². The number of hydrogen-bond acceptors (Lipinski definition) is 2. The molecule has 0 unspecified atom stereocenters. The van der Waals surface area contributed by atoms with Gasteiger partial charge in [-0.1, -0.05) is 54.6 Å². The van der Waals surface area contributed by atoms with Gasteiger partial charge in [0.1, 0.15) is 0 Å². The van der Waals surface area contributed by atoms with Crippen LogP contribution in [-0.2, 0) is 6.42 Å². The molecule has 136 valence electrons. The minimum absolute atomic E-state index is 0.148. The fourth-order valence-corrected chi connectivity index (χ4v) is 4.36. The summed E-state index contributed by atoms with van der Waals surface area (Å²) in [5.41, 5.74) is 4.16. The van der Waals surface area contributed by atoms with Gasteiger partial charge in [0.25, 0.3) is 5.91 Å². The van der Waals surface area contributed by atoms with E-state index in [9.17, 15) is 9.59 Å². The predicted octanol–water partition coefficient (Wildman–Crippen LogP) is 5.68. The van der Waals surface area contributed by atoms with E-state index >= 15 is 0 Å². The number of amides is 1. The van der Waals surface area contributed by atoms with E-state index in [-0.39, 0.29) is 11.7 Å². The van der Waals surface area contributed by atoms with Crippen LogP contribution < -0.4 is 5.32 Å². The molecule has 3 heteroatoms. The predicted molar refractivity (Wildman–Crippen MR) is 113 cm³/mol.